The summed E-state index contributed by atoms with van der Waals surface area (Å²) in [5.41, 5.74) is 10.7. The number of rotatable bonds is 5. The quantitative estimate of drug-likeness (QED) is 0.193. The van der Waals surface area contributed by atoms with Crippen LogP contribution in [0.3, 0.4) is 0 Å². The molecule has 42 heavy (non-hydrogen) atoms. The van der Waals surface area contributed by atoms with Crippen molar-refractivity contribution in [2.75, 3.05) is 0 Å². The summed E-state index contributed by atoms with van der Waals surface area (Å²) >= 11 is 0. The van der Waals surface area contributed by atoms with Crippen LogP contribution in [0.25, 0.3) is 66.2 Å². The number of hydrogen-bond donors (Lipinski definition) is 0. The normalized spacial score (nSPS) is 11.7. The second-order valence-corrected chi connectivity index (χ2v) is 17.3. The Morgan fingerprint density at radius 1 is 0.381 bits per heavy atom. The molecule has 0 spiro atoms. The predicted octanol–water partition coefficient (Wildman–Crippen LogP) is 10.6. The van der Waals surface area contributed by atoms with E-state index in [1.54, 1.807) is 0 Å². The van der Waals surface area contributed by atoms with Crippen LogP contribution in [0.15, 0.2) is 146 Å². The van der Waals surface area contributed by atoms with Crippen molar-refractivity contribution >= 4 is 34.9 Å². The zero-order valence-corrected chi connectivity index (χ0v) is 25.3. The second-order valence-electron chi connectivity index (χ2n) is 12.2. The highest BCUT2D eigenvalue weighted by Crippen LogP contribution is 2.31. The molecule has 1 heterocycles. The largest absolute Gasteiger partial charge is 0.256 e. The highest BCUT2D eigenvalue weighted by Gasteiger charge is 2.15. The van der Waals surface area contributed by atoms with E-state index < -0.39 is 8.07 Å². The molecule has 0 aliphatic heterocycles. The van der Waals surface area contributed by atoms with Gasteiger partial charge in [0.2, 0.25) is 0 Å². The van der Waals surface area contributed by atoms with Crippen LogP contribution in [-0.4, -0.2) is 13.1 Å². The van der Waals surface area contributed by atoms with Gasteiger partial charge in [0, 0.05) is 17.1 Å². The fourth-order valence-electron chi connectivity index (χ4n) is 5.70. The first-order valence-electron chi connectivity index (χ1n) is 14.6. The standard InChI is InChI=1S/C40H33NSi/c1-42(2,3)39-22-20-30(21-23-39)29-8-10-32(11-9-29)36-18-19-37-25-38(27-41-40(37)26-36)33-14-12-31(13-15-33)35-17-16-28-6-4-5-7-34(28)24-35/h4-27H,1-3H3. The summed E-state index contributed by atoms with van der Waals surface area (Å²) in [6.45, 7) is 7.17. The molecule has 0 amide bonds. The first-order chi connectivity index (χ1) is 20.4. The molecule has 1 nitrogen and oxygen atoms in total. The van der Waals surface area contributed by atoms with E-state index in [2.05, 4.69) is 159 Å². The van der Waals surface area contributed by atoms with Gasteiger partial charge in [-0.2, -0.15) is 0 Å². The third kappa shape index (κ3) is 5.18. The van der Waals surface area contributed by atoms with Crippen LogP contribution in [0.2, 0.25) is 19.6 Å². The molecule has 0 unspecified atom stereocenters. The van der Waals surface area contributed by atoms with E-state index in [0.717, 1.165) is 16.5 Å². The van der Waals surface area contributed by atoms with Gasteiger partial charge in [-0.05, 0) is 67.9 Å². The molecule has 0 saturated heterocycles. The summed E-state index contributed by atoms with van der Waals surface area (Å²) in [5, 5.41) is 5.17. The molecule has 2 heteroatoms. The maximum atomic E-state index is 4.85. The molecule has 0 radical (unpaired) electrons. The first-order valence-corrected chi connectivity index (χ1v) is 18.1. The van der Waals surface area contributed by atoms with E-state index in [0.29, 0.717) is 0 Å². The van der Waals surface area contributed by atoms with Crippen LogP contribution in [-0.2, 0) is 0 Å². The summed E-state index contributed by atoms with van der Waals surface area (Å²) in [6, 6.07) is 50.8. The number of pyridine rings is 1. The van der Waals surface area contributed by atoms with Crippen LogP contribution in [0.4, 0.5) is 0 Å². The third-order valence-electron chi connectivity index (χ3n) is 8.29. The Kier molecular flexibility index (Phi) is 6.57. The SMILES string of the molecule is C[Si](C)(C)c1ccc(-c2ccc(-c3ccc4cc(-c5ccc(-c6ccc7ccccc7c6)cc5)cnc4c3)cc2)cc1. The van der Waals surface area contributed by atoms with Crippen molar-refractivity contribution in [1.29, 1.82) is 0 Å². The molecule has 1 aromatic heterocycles. The van der Waals surface area contributed by atoms with E-state index in [9.17, 15) is 0 Å². The average molecular weight is 556 g/mol. The molecule has 6 aromatic carbocycles. The third-order valence-corrected chi connectivity index (χ3v) is 10.4. The Labute approximate surface area is 249 Å². The van der Waals surface area contributed by atoms with Gasteiger partial charge in [0.1, 0.15) is 0 Å². The fraction of sp³-hybridized carbons (Fsp3) is 0.0750. The Bertz CT molecular complexity index is 2030. The molecular weight excluding hydrogens is 523 g/mol. The fourth-order valence-corrected chi connectivity index (χ4v) is 6.87. The summed E-state index contributed by atoms with van der Waals surface area (Å²) in [5.74, 6) is 0. The first kappa shape index (κ1) is 26.1. The molecule has 0 fully saturated rings. The van der Waals surface area contributed by atoms with E-state index in [1.165, 1.54) is 54.9 Å². The van der Waals surface area contributed by atoms with E-state index >= 15 is 0 Å². The summed E-state index contributed by atoms with van der Waals surface area (Å²) in [7, 11) is -1.28. The second kappa shape index (κ2) is 10.6. The highest BCUT2D eigenvalue weighted by atomic mass is 28.3. The van der Waals surface area contributed by atoms with Gasteiger partial charge in [-0.3, -0.25) is 4.98 Å². The topological polar surface area (TPSA) is 12.9 Å². The van der Waals surface area contributed by atoms with Gasteiger partial charge in [0.15, 0.2) is 0 Å². The van der Waals surface area contributed by atoms with Gasteiger partial charge in [-0.25, -0.2) is 0 Å². The molecule has 202 valence electrons. The van der Waals surface area contributed by atoms with Crippen LogP contribution >= 0.6 is 0 Å². The number of nitrogens with zero attached hydrogens (tertiary/aromatic N) is 1. The van der Waals surface area contributed by atoms with Crippen molar-refractivity contribution in [3.63, 3.8) is 0 Å². The van der Waals surface area contributed by atoms with E-state index in [-0.39, 0.29) is 0 Å². The Hall–Kier alpha value is -4.79. The van der Waals surface area contributed by atoms with Gasteiger partial charge in [-0.1, -0.05) is 146 Å². The van der Waals surface area contributed by atoms with Crippen LogP contribution < -0.4 is 5.19 Å². The van der Waals surface area contributed by atoms with E-state index in [1.807, 2.05) is 6.20 Å². The zero-order valence-electron chi connectivity index (χ0n) is 24.3. The lowest BCUT2D eigenvalue weighted by atomic mass is 9.97. The van der Waals surface area contributed by atoms with Gasteiger partial charge in [0.25, 0.3) is 0 Å². The summed E-state index contributed by atoms with van der Waals surface area (Å²) in [4.78, 5) is 4.85. The minimum atomic E-state index is -1.28. The number of benzene rings is 6. The maximum Gasteiger partial charge on any atom is 0.0775 e. The van der Waals surface area contributed by atoms with Crippen LogP contribution in [0.5, 0.6) is 0 Å². The predicted molar refractivity (Wildman–Crippen MR) is 184 cm³/mol. The molecule has 0 bridgehead atoms. The molecule has 0 aliphatic rings. The molecule has 7 rings (SSSR count). The highest BCUT2D eigenvalue weighted by molar-refractivity contribution is 6.88. The molecule has 0 saturated carbocycles. The maximum absolute atomic E-state index is 4.85. The van der Waals surface area contributed by atoms with Crippen molar-refractivity contribution in [1.82, 2.24) is 4.98 Å². The molecule has 7 aromatic rings. The summed E-state index contributed by atoms with van der Waals surface area (Å²) < 4.78 is 0. The van der Waals surface area contributed by atoms with Gasteiger partial charge in [0.05, 0.1) is 13.6 Å². The van der Waals surface area contributed by atoms with Gasteiger partial charge >= 0.3 is 0 Å². The lowest BCUT2D eigenvalue weighted by molar-refractivity contribution is 1.41. The lowest BCUT2D eigenvalue weighted by Gasteiger charge is -2.16. The number of aromatic nitrogens is 1. The number of hydrogen-bond acceptors (Lipinski definition) is 1. The number of fused-ring (bicyclic) bond motifs is 2. The Morgan fingerprint density at radius 2 is 0.810 bits per heavy atom. The minimum Gasteiger partial charge on any atom is -0.256 e. The van der Waals surface area contributed by atoms with Crippen LogP contribution in [0.1, 0.15) is 0 Å². The Morgan fingerprint density at radius 3 is 1.40 bits per heavy atom. The molecule has 0 aliphatic carbocycles. The van der Waals surface area contributed by atoms with Crippen LogP contribution in [0, 0.1) is 0 Å². The van der Waals surface area contributed by atoms with Crippen molar-refractivity contribution in [2.45, 2.75) is 19.6 Å². The van der Waals surface area contributed by atoms with Gasteiger partial charge < -0.3 is 0 Å². The minimum absolute atomic E-state index is 1.01. The van der Waals surface area contributed by atoms with Crippen molar-refractivity contribution < 1.29 is 0 Å². The molecule has 0 N–H and O–H groups in total. The molecular formula is C40H33NSi. The monoisotopic (exact) mass is 555 g/mol. The van der Waals surface area contributed by atoms with E-state index in [4.69, 9.17) is 4.98 Å². The lowest BCUT2D eigenvalue weighted by Crippen LogP contribution is -2.37. The summed E-state index contributed by atoms with van der Waals surface area (Å²) in [6.07, 6.45) is 1.99. The zero-order chi connectivity index (χ0) is 28.7. The molecule has 0 atom stereocenters. The average Bonchev–Trinajstić information content (AvgIpc) is 3.04. The van der Waals surface area contributed by atoms with Gasteiger partial charge in [-0.15, -0.1) is 0 Å². The van der Waals surface area contributed by atoms with Crippen molar-refractivity contribution in [2.24, 2.45) is 0 Å². The smallest absolute Gasteiger partial charge is 0.0775 e. The van der Waals surface area contributed by atoms with Crippen molar-refractivity contribution in [3.8, 4) is 44.5 Å². The van der Waals surface area contributed by atoms with Crippen molar-refractivity contribution in [3.05, 3.63) is 146 Å². The Balaban J connectivity index is 1.11.